The van der Waals surface area contributed by atoms with Crippen molar-refractivity contribution in [3.05, 3.63) is 37.0 Å². The second-order valence-corrected chi connectivity index (χ2v) is 3.86. The molecular formula is C14H24. The Bertz CT molecular complexity index is 174. The summed E-state index contributed by atoms with van der Waals surface area (Å²) in [5.41, 5.74) is 0. The van der Waals surface area contributed by atoms with Gasteiger partial charge in [0.15, 0.2) is 0 Å². The molecule has 0 bridgehead atoms. The van der Waals surface area contributed by atoms with Gasteiger partial charge in [0.05, 0.1) is 0 Å². The largest absolute Gasteiger partial charge is 0.103 e. The normalized spacial score (nSPS) is 13.9. The lowest BCUT2D eigenvalue weighted by Crippen LogP contribution is -1.88. The minimum atomic E-state index is 0.729. The average molecular weight is 192 g/mol. The van der Waals surface area contributed by atoms with Crippen molar-refractivity contribution in [2.75, 3.05) is 0 Å². The SMILES string of the molecule is C=CCC(C)CC=CC=CCCCC. The van der Waals surface area contributed by atoms with Crippen LogP contribution in [0, 0.1) is 5.92 Å². The van der Waals surface area contributed by atoms with Gasteiger partial charge in [-0.05, 0) is 25.2 Å². The van der Waals surface area contributed by atoms with Gasteiger partial charge >= 0.3 is 0 Å². The smallest absolute Gasteiger partial charge is 0.0319 e. The molecule has 0 rings (SSSR count). The fourth-order valence-corrected chi connectivity index (χ4v) is 1.27. The van der Waals surface area contributed by atoms with Gasteiger partial charge in [-0.1, -0.05) is 57.1 Å². The molecule has 0 saturated heterocycles. The van der Waals surface area contributed by atoms with Crippen LogP contribution in [0.5, 0.6) is 0 Å². The summed E-state index contributed by atoms with van der Waals surface area (Å²) in [5, 5.41) is 0. The lowest BCUT2D eigenvalue weighted by atomic mass is 10.0. The van der Waals surface area contributed by atoms with Crippen LogP contribution in [0.4, 0.5) is 0 Å². The highest BCUT2D eigenvalue weighted by Crippen LogP contribution is 2.08. The molecule has 0 aromatic carbocycles. The molecule has 0 aliphatic heterocycles. The number of hydrogen-bond donors (Lipinski definition) is 0. The van der Waals surface area contributed by atoms with Gasteiger partial charge in [-0.2, -0.15) is 0 Å². The van der Waals surface area contributed by atoms with Gasteiger partial charge in [-0.15, -0.1) is 6.58 Å². The zero-order chi connectivity index (χ0) is 10.6. The van der Waals surface area contributed by atoms with E-state index in [1.807, 2.05) is 6.08 Å². The van der Waals surface area contributed by atoms with Gasteiger partial charge in [0.25, 0.3) is 0 Å². The van der Waals surface area contributed by atoms with Crippen molar-refractivity contribution < 1.29 is 0 Å². The Balaban J connectivity index is 3.42. The molecule has 1 unspecified atom stereocenters. The molecule has 0 radical (unpaired) electrons. The molecule has 1 atom stereocenters. The van der Waals surface area contributed by atoms with Crippen molar-refractivity contribution >= 4 is 0 Å². The first-order valence-electron chi connectivity index (χ1n) is 5.73. The zero-order valence-electron chi connectivity index (χ0n) is 9.71. The Morgan fingerprint density at radius 3 is 2.50 bits per heavy atom. The van der Waals surface area contributed by atoms with E-state index in [1.165, 1.54) is 19.3 Å². The van der Waals surface area contributed by atoms with E-state index in [9.17, 15) is 0 Å². The van der Waals surface area contributed by atoms with Gasteiger partial charge in [-0.25, -0.2) is 0 Å². The molecule has 0 aliphatic carbocycles. The second-order valence-electron chi connectivity index (χ2n) is 3.86. The zero-order valence-corrected chi connectivity index (χ0v) is 9.71. The molecule has 0 nitrogen and oxygen atoms in total. The third-order valence-corrected chi connectivity index (χ3v) is 2.22. The average Bonchev–Trinajstić information content (AvgIpc) is 2.17. The van der Waals surface area contributed by atoms with Gasteiger partial charge in [0, 0.05) is 0 Å². The Morgan fingerprint density at radius 2 is 1.86 bits per heavy atom. The van der Waals surface area contributed by atoms with E-state index in [4.69, 9.17) is 0 Å². The highest BCUT2D eigenvalue weighted by atomic mass is 14.0. The number of unbranched alkanes of at least 4 members (excludes halogenated alkanes) is 2. The van der Waals surface area contributed by atoms with Crippen molar-refractivity contribution in [3.63, 3.8) is 0 Å². The molecule has 0 fully saturated rings. The van der Waals surface area contributed by atoms with Crippen LogP contribution >= 0.6 is 0 Å². The van der Waals surface area contributed by atoms with E-state index in [-0.39, 0.29) is 0 Å². The maximum atomic E-state index is 3.74. The highest BCUT2D eigenvalue weighted by molar-refractivity contribution is 5.02. The van der Waals surface area contributed by atoms with Crippen molar-refractivity contribution in [3.8, 4) is 0 Å². The Labute approximate surface area is 89.4 Å². The van der Waals surface area contributed by atoms with Crippen molar-refractivity contribution in [1.82, 2.24) is 0 Å². The van der Waals surface area contributed by atoms with Gasteiger partial charge < -0.3 is 0 Å². The first-order valence-corrected chi connectivity index (χ1v) is 5.73. The van der Waals surface area contributed by atoms with Crippen LogP contribution in [0.1, 0.15) is 46.0 Å². The maximum Gasteiger partial charge on any atom is -0.0319 e. The summed E-state index contributed by atoms with van der Waals surface area (Å²) in [6.45, 7) is 8.22. The fraction of sp³-hybridized carbons (Fsp3) is 0.571. The van der Waals surface area contributed by atoms with E-state index in [1.54, 1.807) is 0 Å². The number of allylic oxidation sites excluding steroid dienone is 5. The van der Waals surface area contributed by atoms with Crippen molar-refractivity contribution in [2.24, 2.45) is 5.92 Å². The summed E-state index contributed by atoms with van der Waals surface area (Å²) >= 11 is 0. The van der Waals surface area contributed by atoms with Crippen LogP contribution in [0.15, 0.2) is 37.0 Å². The molecule has 14 heavy (non-hydrogen) atoms. The molecule has 0 amide bonds. The van der Waals surface area contributed by atoms with Gasteiger partial charge in [0.2, 0.25) is 0 Å². The Morgan fingerprint density at radius 1 is 1.14 bits per heavy atom. The maximum absolute atomic E-state index is 3.74. The predicted octanol–water partition coefficient (Wildman–Crippen LogP) is 4.89. The summed E-state index contributed by atoms with van der Waals surface area (Å²) in [4.78, 5) is 0. The molecule has 0 heteroatoms. The van der Waals surface area contributed by atoms with Crippen molar-refractivity contribution in [2.45, 2.75) is 46.0 Å². The molecular weight excluding hydrogens is 168 g/mol. The predicted molar refractivity (Wildman–Crippen MR) is 66.4 cm³/mol. The summed E-state index contributed by atoms with van der Waals surface area (Å²) < 4.78 is 0. The minimum Gasteiger partial charge on any atom is -0.103 e. The quantitative estimate of drug-likeness (QED) is 0.292. The summed E-state index contributed by atoms with van der Waals surface area (Å²) in [7, 11) is 0. The molecule has 80 valence electrons. The molecule has 0 aromatic rings. The lowest BCUT2D eigenvalue weighted by Gasteiger charge is -2.02. The van der Waals surface area contributed by atoms with E-state index in [2.05, 4.69) is 44.7 Å². The lowest BCUT2D eigenvalue weighted by molar-refractivity contribution is 0.604. The highest BCUT2D eigenvalue weighted by Gasteiger charge is 1.93. The third kappa shape index (κ3) is 9.31. The van der Waals surface area contributed by atoms with Crippen LogP contribution in [0.25, 0.3) is 0 Å². The van der Waals surface area contributed by atoms with E-state index in [0.29, 0.717) is 0 Å². The topological polar surface area (TPSA) is 0 Å². The van der Waals surface area contributed by atoms with Gasteiger partial charge in [-0.3, -0.25) is 0 Å². The van der Waals surface area contributed by atoms with Crippen LogP contribution in [0.2, 0.25) is 0 Å². The summed E-state index contributed by atoms with van der Waals surface area (Å²) in [6, 6.07) is 0. The summed E-state index contributed by atoms with van der Waals surface area (Å²) in [6.07, 6.45) is 16.9. The number of hydrogen-bond acceptors (Lipinski definition) is 0. The molecule has 0 saturated carbocycles. The molecule has 0 N–H and O–H groups in total. The molecule has 0 heterocycles. The first-order chi connectivity index (χ1) is 6.81. The Kier molecular flexibility index (Phi) is 9.73. The van der Waals surface area contributed by atoms with Crippen LogP contribution in [-0.2, 0) is 0 Å². The minimum absolute atomic E-state index is 0.729. The molecule has 0 aromatic heterocycles. The Hall–Kier alpha value is -0.780. The van der Waals surface area contributed by atoms with Crippen molar-refractivity contribution in [1.29, 1.82) is 0 Å². The monoisotopic (exact) mass is 192 g/mol. The molecule has 0 spiro atoms. The first kappa shape index (κ1) is 13.2. The van der Waals surface area contributed by atoms with E-state index in [0.717, 1.165) is 18.8 Å². The third-order valence-electron chi connectivity index (χ3n) is 2.22. The summed E-state index contributed by atoms with van der Waals surface area (Å²) in [5.74, 6) is 0.729. The van der Waals surface area contributed by atoms with E-state index >= 15 is 0 Å². The number of rotatable bonds is 8. The fourth-order valence-electron chi connectivity index (χ4n) is 1.27. The van der Waals surface area contributed by atoms with E-state index < -0.39 is 0 Å². The van der Waals surface area contributed by atoms with Crippen LogP contribution in [-0.4, -0.2) is 0 Å². The standard InChI is InChI=1S/C14H24/c1-4-6-7-8-9-10-11-13-14(3)12-5-2/h5,8-11,14H,2,4,6-7,12-13H2,1,3H3. The van der Waals surface area contributed by atoms with Gasteiger partial charge in [0.1, 0.15) is 0 Å². The van der Waals surface area contributed by atoms with Crippen LogP contribution in [0.3, 0.4) is 0 Å². The molecule has 0 aliphatic rings. The second kappa shape index (κ2) is 10.3. The van der Waals surface area contributed by atoms with Crippen LogP contribution < -0.4 is 0 Å².